The average Bonchev–Trinajstić information content (AvgIpc) is 2.85. The number of benzene rings is 2. The topological polar surface area (TPSA) is 107 Å². The molecule has 2 N–H and O–H groups in total. The van der Waals surface area contributed by atoms with Gasteiger partial charge in [-0.1, -0.05) is 24.3 Å². The molecule has 2 aromatic carbocycles. The maximum absolute atomic E-state index is 14.3. The lowest BCUT2D eigenvalue weighted by Crippen LogP contribution is -2.28. The number of sulfonamides is 1. The lowest BCUT2D eigenvalue weighted by molar-refractivity contribution is -0.141. The smallest absolute Gasteiger partial charge is 0.433 e. The number of hydrogen-bond donors (Lipinski definition) is 2. The summed E-state index contributed by atoms with van der Waals surface area (Å²) in [6.45, 7) is 1.23. The first-order valence-electron chi connectivity index (χ1n) is 11.3. The van der Waals surface area contributed by atoms with E-state index in [-0.39, 0.29) is 42.5 Å². The third kappa shape index (κ3) is 8.33. The van der Waals surface area contributed by atoms with Crippen molar-refractivity contribution in [2.45, 2.75) is 25.6 Å². The first-order chi connectivity index (χ1) is 17.8. The predicted octanol–water partition coefficient (Wildman–Crippen LogP) is 4.49. The zero-order chi connectivity index (χ0) is 27.9. The van der Waals surface area contributed by atoms with E-state index in [0.29, 0.717) is 5.75 Å². The van der Waals surface area contributed by atoms with Crippen LogP contribution < -0.4 is 19.5 Å². The number of amides is 1. The van der Waals surface area contributed by atoms with Crippen molar-refractivity contribution in [2.24, 2.45) is 0 Å². The Morgan fingerprint density at radius 3 is 2.34 bits per heavy atom. The second-order valence-electron chi connectivity index (χ2n) is 8.22. The van der Waals surface area contributed by atoms with Gasteiger partial charge >= 0.3 is 6.18 Å². The molecule has 0 aliphatic carbocycles. The number of rotatable bonds is 11. The van der Waals surface area contributed by atoms with Gasteiger partial charge in [0.15, 0.2) is 0 Å². The van der Waals surface area contributed by atoms with Gasteiger partial charge in [0, 0.05) is 12.1 Å². The normalized spacial score (nSPS) is 12.5. The SMILES string of the molecule is CC(C(=O)NCc1ccc(C(F)(F)F)nc1OCCOc1ccccc1)c1ccc(NS(C)(=O)=O)c(F)c1. The molecule has 1 unspecified atom stereocenters. The number of aromatic nitrogens is 1. The summed E-state index contributed by atoms with van der Waals surface area (Å²) < 4.78 is 89.5. The van der Waals surface area contributed by atoms with E-state index in [1.807, 2.05) is 4.72 Å². The minimum Gasteiger partial charge on any atom is -0.490 e. The molecule has 1 heterocycles. The highest BCUT2D eigenvalue weighted by atomic mass is 32.2. The highest BCUT2D eigenvalue weighted by molar-refractivity contribution is 7.92. The van der Waals surface area contributed by atoms with E-state index < -0.39 is 39.5 Å². The Morgan fingerprint density at radius 2 is 1.71 bits per heavy atom. The molecule has 0 saturated heterocycles. The molecule has 1 atom stereocenters. The summed E-state index contributed by atoms with van der Waals surface area (Å²) in [4.78, 5) is 16.3. The summed E-state index contributed by atoms with van der Waals surface area (Å²) in [7, 11) is -3.69. The van der Waals surface area contributed by atoms with Gasteiger partial charge in [-0.2, -0.15) is 13.2 Å². The van der Waals surface area contributed by atoms with Crippen LogP contribution in [0.5, 0.6) is 11.6 Å². The molecular weight excluding hydrogens is 530 g/mol. The third-order valence-electron chi connectivity index (χ3n) is 5.20. The predicted molar refractivity (Wildman–Crippen MR) is 132 cm³/mol. The maximum atomic E-state index is 14.3. The van der Waals surface area contributed by atoms with Crippen molar-refractivity contribution in [1.29, 1.82) is 0 Å². The molecule has 1 amide bonds. The van der Waals surface area contributed by atoms with Crippen molar-refractivity contribution in [3.05, 3.63) is 83.3 Å². The Labute approximate surface area is 217 Å². The summed E-state index contributed by atoms with van der Waals surface area (Å²) in [5.74, 6) is -2.03. The molecule has 0 fully saturated rings. The number of para-hydroxylation sites is 1. The molecule has 0 radical (unpaired) electrons. The second kappa shape index (κ2) is 12.1. The van der Waals surface area contributed by atoms with E-state index in [4.69, 9.17) is 9.47 Å². The molecule has 38 heavy (non-hydrogen) atoms. The molecule has 0 spiro atoms. The molecule has 1 aromatic heterocycles. The molecule has 204 valence electrons. The molecule has 0 bridgehead atoms. The van der Waals surface area contributed by atoms with Crippen LogP contribution in [0.15, 0.2) is 60.7 Å². The van der Waals surface area contributed by atoms with Crippen LogP contribution in [0.4, 0.5) is 23.2 Å². The van der Waals surface area contributed by atoms with Crippen LogP contribution >= 0.6 is 0 Å². The number of anilines is 1. The number of nitrogens with one attached hydrogen (secondary N) is 2. The van der Waals surface area contributed by atoms with E-state index in [1.54, 1.807) is 30.3 Å². The average molecular weight is 556 g/mol. The highest BCUT2D eigenvalue weighted by Crippen LogP contribution is 2.30. The van der Waals surface area contributed by atoms with Crippen molar-refractivity contribution in [1.82, 2.24) is 10.3 Å². The Morgan fingerprint density at radius 1 is 1.03 bits per heavy atom. The quantitative estimate of drug-likeness (QED) is 0.267. The van der Waals surface area contributed by atoms with Gasteiger partial charge in [-0.25, -0.2) is 17.8 Å². The van der Waals surface area contributed by atoms with Gasteiger partial charge in [-0.15, -0.1) is 0 Å². The zero-order valence-corrected chi connectivity index (χ0v) is 21.2. The van der Waals surface area contributed by atoms with Crippen LogP contribution in [-0.4, -0.2) is 38.8 Å². The number of halogens is 4. The lowest BCUT2D eigenvalue weighted by Gasteiger charge is -2.16. The molecular formula is C25H25F4N3O5S. The minimum absolute atomic E-state index is 0.0422. The number of pyridine rings is 1. The Hall–Kier alpha value is -3.87. The summed E-state index contributed by atoms with van der Waals surface area (Å²) in [6.07, 6.45) is -3.82. The van der Waals surface area contributed by atoms with Crippen LogP contribution in [0.25, 0.3) is 0 Å². The van der Waals surface area contributed by atoms with Gasteiger partial charge < -0.3 is 14.8 Å². The summed E-state index contributed by atoms with van der Waals surface area (Å²) in [6, 6.07) is 14.3. The number of alkyl halides is 3. The number of hydrogen-bond acceptors (Lipinski definition) is 6. The standard InChI is InChI=1S/C25H25F4N3O5S/c1-16(17-8-10-21(20(26)14-17)32-38(2,34)35)23(33)30-15-18-9-11-22(25(27,28)29)31-24(18)37-13-12-36-19-6-4-3-5-7-19/h3-11,14,16,32H,12-13,15H2,1-2H3,(H,30,33). The van der Waals surface area contributed by atoms with Crippen LogP contribution in [0.1, 0.15) is 29.7 Å². The van der Waals surface area contributed by atoms with E-state index in [0.717, 1.165) is 24.5 Å². The Bertz CT molecular complexity index is 1370. The van der Waals surface area contributed by atoms with Crippen LogP contribution in [0.2, 0.25) is 0 Å². The third-order valence-corrected chi connectivity index (χ3v) is 5.79. The van der Waals surface area contributed by atoms with Crippen molar-refractivity contribution in [3.8, 4) is 11.6 Å². The van der Waals surface area contributed by atoms with E-state index >= 15 is 0 Å². The monoisotopic (exact) mass is 555 g/mol. The van der Waals surface area contributed by atoms with Crippen LogP contribution in [-0.2, 0) is 27.5 Å². The molecule has 3 rings (SSSR count). The van der Waals surface area contributed by atoms with Crippen molar-refractivity contribution in [2.75, 3.05) is 24.2 Å². The van der Waals surface area contributed by atoms with Gasteiger partial charge in [-0.05, 0) is 48.9 Å². The maximum Gasteiger partial charge on any atom is 0.433 e. The number of carbonyl (C=O) groups excluding carboxylic acids is 1. The number of carbonyl (C=O) groups is 1. The lowest BCUT2D eigenvalue weighted by atomic mass is 9.99. The molecule has 13 heteroatoms. The first kappa shape index (κ1) is 28.7. The molecule has 0 saturated carbocycles. The van der Waals surface area contributed by atoms with Gasteiger partial charge in [0.05, 0.1) is 17.9 Å². The number of nitrogens with zero attached hydrogens (tertiary/aromatic N) is 1. The van der Waals surface area contributed by atoms with Crippen molar-refractivity contribution in [3.63, 3.8) is 0 Å². The van der Waals surface area contributed by atoms with E-state index in [2.05, 4.69) is 10.3 Å². The van der Waals surface area contributed by atoms with E-state index in [1.165, 1.54) is 19.1 Å². The minimum atomic E-state index is -4.70. The largest absolute Gasteiger partial charge is 0.490 e. The summed E-state index contributed by atoms with van der Waals surface area (Å²) in [5.41, 5.74) is -0.966. The van der Waals surface area contributed by atoms with Crippen molar-refractivity contribution >= 4 is 21.6 Å². The summed E-state index contributed by atoms with van der Waals surface area (Å²) in [5, 5.41) is 2.58. The first-order valence-corrected chi connectivity index (χ1v) is 13.2. The van der Waals surface area contributed by atoms with E-state index in [9.17, 15) is 30.8 Å². The molecule has 3 aromatic rings. The zero-order valence-electron chi connectivity index (χ0n) is 20.4. The fourth-order valence-corrected chi connectivity index (χ4v) is 3.84. The highest BCUT2D eigenvalue weighted by Gasteiger charge is 2.33. The Balaban J connectivity index is 1.67. The van der Waals surface area contributed by atoms with Crippen LogP contribution in [0, 0.1) is 5.82 Å². The fraction of sp³-hybridized carbons (Fsp3) is 0.280. The van der Waals surface area contributed by atoms with Gasteiger partial charge in [0.2, 0.25) is 21.8 Å². The molecule has 0 aliphatic heterocycles. The van der Waals surface area contributed by atoms with Gasteiger partial charge in [-0.3, -0.25) is 9.52 Å². The van der Waals surface area contributed by atoms with Crippen LogP contribution in [0.3, 0.4) is 0 Å². The van der Waals surface area contributed by atoms with Crippen molar-refractivity contribution < 1.29 is 40.2 Å². The molecule has 0 aliphatic rings. The second-order valence-corrected chi connectivity index (χ2v) is 9.97. The fourth-order valence-electron chi connectivity index (χ4n) is 3.27. The molecule has 8 nitrogen and oxygen atoms in total. The Kier molecular flexibility index (Phi) is 9.15. The van der Waals surface area contributed by atoms with Gasteiger partial charge in [0.25, 0.3) is 0 Å². The summed E-state index contributed by atoms with van der Waals surface area (Å²) >= 11 is 0. The van der Waals surface area contributed by atoms with Gasteiger partial charge in [0.1, 0.15) is 30.5 Å². The number of ether oxygens (including phenoxy) is 2.